The first-order chi connectivity index (χ1) is 11.8. The van der Waals surface area contributed by atoms with E-state index in [1.807, 2.05) is 36.4 Å². The molecular weight excluding hydrogens is 300 g/mol. The van der Waals surface area contributed by atoms with Gasteiger partial charge in [-0.05, 0) is 54.8 Å². The summed E-state index contributed by atoms with van der Waals surface area (Å²) in [6.07, 6.45) is 3.20. The van der Waals surface area contributed by atoms with Gasteiger partial charge in [0.2, 0.25) is 11.8 Å². The fourth-order valence-electron chi connectivity index (χ4n) is 2.37. The van der Waals surface area contributed by atoms with Gasteiger partial charge in [0, 0.05) is 11.1 Å². The molecule has 3 aromatic rings. The fraction of sp³-hybridized carbons (Fsp3) is 0.300. The molecule has 0 aliphatic rings. The molecule has 24 heavy (non-hydrogen) atoms. The van der Waals surface area contributed by atoms with Gasteiger partial charge in [-0.2, -0.15) is 0 Å². The predicted octanol–water partition coefficient (Wildman–Crippen LogP) is 5.14. The number of nitrogens with zero attached hydrogens (tertiary/aromatic N) is 2. The molecule has 0 fully saturated rings. The van der Waals surface area contributed by atoms with E-state index in [0.717, 1.165) is 42.7 Å². The molecule has 2 aromatic carbocycles. The number of benzene rings is 2. The van der Waals surface area contributed by atoms with Crippen LogP contribution >= 0.6 is 0 Å². The lowest BCUT2D eigenvalue weighted by molar-refractivity contribution is 0.309. The van der Waals surface area contributed by atoms with Gasteiger partial charge in [0.25, 0.3) is 0 Å². The second kappa shape index (κ2) is 7.77. The van der Waals surface area contributed by atoms with Gasteiger partial charge in [0.15, 0.2) is 0 Å². The summed E-state index contributed by atoms with van der Waals surface area (Å²) in [7, 11) is 0. The molecule has 0 saturated heterocycles. The van der Waals surface area contributed by atoms with Gasteiger partial charge in [0.05, 0.1) is 6.61 Å². The summed E-state index contributed by atoms with van der Waals surface area (Å²) < 4.78 is 11.5. The SMILES string of the molecule is CCCCOc1ccc(-c2nnc(-c3ccc(CC)cc3)o2)cc1. The normalized spacial score (nSPS) is 10.8. The van der Waals surface area contributed by atoms with E-state index in [1.54, 1.807) is 0 Å². The number of aromatic nitrogens is 2. The molecule has 0 aliphatic heterocycles. The minimum Gasteiger partial charge on any atom is -0.494 e. The van der Waals surface area contributed by atoms with Crippen LogP contribution in [0.25, 0.3) is 22.9 Å². The lowest BCUT2D eigenvalue weighted by atomic mass is 10.1. The molecular formula is C20H22N2O2. The highest BCUT2D eigenvalue weighted by Crippen LogP contribution is 2.25. The molecule has 1 heterocycles. The third-order valence-electron chi connectivity index (χ3n) is 3.90. The van der Waals surface area contributed by atoms with Crippen molar-refractivity contribution < 1.29 is 9.15 Å². The van der Waals surface area contributed by atoms with Gasteiger partial charge >= 0.3 is 0 Å². The van der Waals surface area contributed by atoms with Crippen LogP contribution in [-0.4, -0.2) is 16.8 Å². The van der Waals surface area contributed by atoms with Crippen molar-refractivity contribution in [3.05, 3.63) is 54.1 Å². The predicted molar refractivity (Wildman–Crippen MR) is 95.0 cm³/mol. The van der Waals surface area contributed by atoms with Crippen LogP contribution in [0.5, 0.6) is 5.75 Å². The molecule has 0 bridgehead atoms. The van der Waals surface area contributed by atoms with Gasteiger partial charge in [-0.15, -0.1) is 10.2 Å². The Kier molecular flexibility index (Phi) is 5.26. The molecule has 0 amide bonds. The lowest BCUT2D eigenvalue weighted by Gasteiger charge is -2.05. The van der Waals surface area contributed by atoms with E-state index in [2.05, 4.69) is 36.2 Å². The molecule has 0 atom stereocenters. The smallest absolute Gasteiger partial charge is 0.248 e. The monoisotopic (exact) mass is 322 g/mol. The molecule has 0 saturated carbocycles. The van der Waals surface area contributed by atoms with Crippen molar-refractivity contribution in [3.8, 4) is 28.7 Å². The van der Waals surface area contributed by atoms with Crippen LogP contribution in [0.15, 0.2) is 52.9 Å². The molecule has 124 valence electrons. The van der Waals surface area contributed by atoms with E-state index >= 15 is 0 Å². The average molecular weight is 322 g/mol. The van der Waals surface area contributed by atoms with Crippen molar-refractivity contribution in [2.75, 3.05) is 6.61 Å². The molecule has 0 aliphatic carbocycles. The maximum atomic E-state index is 5.80. The Bertz CT molecular complexity index is 761. The van der Waals surface area contributed by atoms with Crippen molar-refractivity contribution in [1.29, 1.82) is 0 Å². The third kappa shape index (κ3) is 3.82. The number of unbranched alkanes of at least 4 members (excludes halogenated alkanes) is 1. The zero-order valence-corrected chi connectivity index (χ0v) is 14.2. The van der Waals surface area contributed by atoms with E-state index < -0.39 is 0 Å². The van der Waals surface area contributed by atoms with E-state index in [1.165, 1.54) is 5.56 Å². The van der Waals surface area contributed by atoms with E-state index in [-0.39, 0.29) is 0 Å². The summed E-state index contributed by atoms with van der Waals surface area (Å²) in [6, 6.07) is 16.0. The molecule has 0 unspecified atom stereocenters. The Hall–Kier alpha value is -2.62. The summed E-state index contributed by atoms with van der Waals surface area (Å²) >= 11 is 0. The lowest BCUT2D eigenvalue weighted by Crippen LogP contribution is -1.95. The highest BCUT2D eigenvalue weighted by atomic mass is 16.5. The number of hydrogen-bond acceptors (Lipinski definition) is 4. The van der Waals surface area contributed by atoms with Crippen LogP contribution in [0.4, 0.5) is 0 Å². The highest BCUT2D eigenvalue weighted by molar-refractivity contribution is 5.58. The minimum absolute atomic E-state index is 0.518. The first kappa shape index (κ1) is 16.2. The Morgan fingerprint density at radius 3 is 1.96 bits per heavy atom. The first-order valence-corrected chi connectivity index (χ1v) is 8.46. The summed E-state index contributed by atoms with van der Waals surface area (Å²) in [5.41, 5.74) is 3.12. The van der Waals surface area contributed by atoms with Gasteiger partial charge in [-0.3, -0.25) is 0 Å². The molecule has 4 nitrogen and oxygen atoms in total. The Balaban J connectivity index is 1.72. The van der Waals surface area contributed by atoms with Gasteiger partial charge in [-0.1, -0.05) is 32.4 Å². The summed E-state index contributed by atoms with van der Waals surface area (Å²) in [5, 5.41) is 8.31. The Morgan fingerprint density at radius 1 is 0.833 bits per heavy atom. The zero-order valence-electron chi connectivity index (χ0n) is 14.2. The molecule has 1 aromatic heterocycles. The van der Waals surface area contributed by atoms with Crippen LogP contribution in [0.3, 0.4) is 0 Å². The van der Waals surface area contributed by atoms with Gasteiger partial charge < -0.3 is 9.15 Å². The zero-order chi connectivity index (χ0) is 16.8. The average Bonchev–Trinajstić information content (AvgIpc) is 3.13. The molecule has 4 heteroatoms. The van der Waals surface area contributed by atoms with E-state index in [0.29, 0.717) is 11.8 Å². The molecule has 0 N–H and O–H groups in total. The number of ether oxygens (including phenoxy) is 1. The second-order valence-electron chi connectivity index (χ2n) is 5.69. The van der Waals surface area contributed by atoms with Crippen molar-refractivity contribution in [2.45, 2.75) is 33.1 Å². The van der Waals surface area contributed by atoms with E-state index in [4.69, 9.17) is 9.15 Å². The largest absolute Gasteiger partial charge is 0.494 e. The summed E-state index contributed by atoms with van der Waals surface area (Å²) in [5.74, 6) is 1.92. The fourth-order valence-corrected chi connectivity index (χ4v) is 2.37. The number of aryl methyl sites for hydroxylation is 1. The summed E-state index contributed by atoms with van der Waals surface area (Å²) in [6.45, 7) is 5.03. The van der Waals surface area contributed by atoms with Gasteiger partial charge in [-0.25, -0.2) is 0 Å². The number of hydrogen-bond donors (Lipinski definition) is 0. The molecule has 3 rings (SSSR count). The minimum atomic E-state index is 0.518. The first-order valence-electron chi connectivity index (χ1n) is 8.46. The van der Waals surface area contributed by atoms with E-state index in [9.17, 15) is 0 Å². The maximum Gasteiger partial charge on any atom is 0.248 e. The number of rotatable bonds is 7. The van der Waals surface area contributed by atoms with Crippen molar-refractivity contribution in [3.63, 3.8) is 0 Å². The molecule has 0 spiro atoms. The summed E-state index contributed by atoms with van der Waals surface area (Å²) in [4.78, 5) is 0. The van der Waals surface area contributed by atoms with Crippen LogP contribution in [-0.2, 0) is 6.42 Å². The van der Waals surface area contributed by atoms with Crippen LogP contribution < -0.4 is 4.74 Å². The standard InChI is InChI=1S/C20H22N2O2/c1-3-5-14-23-18-12-10-17(11-13-18)20-22-21-19(24-20)16-8-6-15(4-2)7-9-16/h6-13H,3-5,14H2,1-2H3. The van der Waals surface area contributed by atoms with Crippen molar-refractivity contribution in [1.82, 2.24) is 10.2 Å². The maximum absolute atomic E-state index is 5.80. The van der Waals surface area contributed by atoms with Crippen molar-refractivity contribution >= 4 is 0 Å². The second-order valence-corrected chi connectivity index (χ2v) is 5.69. The Labute approximate surface area is 142 Å². The van der Waals surface area contributed by atoms with Gasteiger partial charge in [0.1, 0.15) is 5.75 Å². The topological polar surface area (TPSA) is 48.2 Å². The van der Waals surface area contributed by atoms with Crippen molar-refractivity contribution in [2.24, 2.45) is 0 Å². The third-order valence-corrected chi connectivity index (χ3v) is 3.90. The highest BCUT2D eigenvalue weighted by Gasteiger charge is 2.10. The molecule has 0 radical (unpaired) electrons. The van der Waals surface area contributed by atoms with Crippen LogP contribution in [0, 0.1) is 0 Å². The van der Waals surface area contributed by atoms with Crippen LogP contribution in [0.2, 0.25) is 0 Å². The van der Waals surface area contributed by atoms with Crippen LogP contribution in [0.1, 0.15) is 32.3 Å². The Morgan fingerprint density at radius 2 is 1.42 bits per heavy atom. The quantitative estimate of drug-likeness (QED) is 0.565.